The maximum absolute atomic E-state index is 9.14. The highest BCUT2D eigenvalue weighted by Gasteiger charge is 2.19. The van der Waals surface area contributed by atoms with E-state index in [1.54, 1.807) is 0 Å². The number of aliphatic hydroxyl groups is 1. The first-order chi connectivity index (χ1) is 6.14. The van der Waals surface area contributed by atoms with Gasteiger partial charge in [0.1, 0.15) is 0 Å². The number of ether oxygens (including phenoxy) is 1. The number of nitrogens with one attached hydrogen (secondary N) is 1. The molecule has 0 saturated carbocycles. The monoisotopic (exact) mass is 203 g/mol. The lowest BCUT2D eigenvalue weighted by molar-refractivity contribution is -0.0247. The Hall–Kier alpha value is -0.120. The van der Waals surface area contributed by atoms with Gasteiger partial charge in [0.05, 0.1) is 24.9 Å². The predicted octanol–water partition coefficient (Wildman–Crippen LogP) is 1.55. The number of aliphatic hydroxyl groups excluding tert-OH is 1. The third-order valence-corrected chi connectivity index (χ3v) is 1.58. The SMILES string of the molecule is CC(C)(C)NC(CO)COC(C)(C)C. The minimum atomic E-state index is -0.146. The van der Waals surface area contributed by atoms with Crippen LogP contribution in [-0.2, 0) is 4.74 Å². The minimum Gasteiger partial charge on any atom is -0.395 e. The van der Waals surface area contributed by atoms with E-state index in [0.29, 0.717) is 6.61 Å². The molecule has 0 aromatic rings. The lowest BCUT2D eigenvalue weighted by atomic mass is 10.1. The van der Waals surface area contributed by atoms with Crippen LogP contribution in [0, 0.1) is 0 Å². The smallest absolute Gasteiger partial charge is 0.0649 e. The van der Waals surface area contributed by atoms with Gasteiger partial charge in [0, 0.05) is 5.54 Å². The van der Waals surface area contributed by atoms with Crippen molar-refractivity contribution in [2.75, 3.05) is 13.2 Å². The highest BCUT2D eigenvalue weighted by Crippen LogP contribution is 2.08. The van der Waals surface area contributed by atoms with Crippen LogP contribution in [0.15, 0.2) is 0 Å². The molecule has 0 spiro atoms. The molecule has 0 aliphatic rings. The van der Waals surface area contributed by atoms with Crippen LogP contribution >= 0.6 is 0 Å². The first-order valence-electron chi connectivity index (χ1n) is 5.16. The Morgan fingerprint density at radius 3 is 1.93 bits per heavy atom. The maximum Gasteiger partial charge on any atom is 0.0649 e. The Kier molecular flexibility index (Phi) is 5.06. The summed E-state index contributed by atoms with van der Waals surface area (Å²) in [6, 6.07) is 0.00854. The fourth-order valence-corrected chi connectivity index (χ4v) is 1.10. The second kappa shape index (κ2) is 5.10. The van der Waals surface area contributed by atoms with Gasteiger partial charge in [-0.05, 0) is 41.5 Å². The average molecular weight is 203 g/mol. The minimum absolute atomic E-state index is 0.00854. The van der Waals surface area contributed by atoms with Gasteiger partial charge < -0.3 is 15.2 Å². The summed E-state index contributed by atoms with van der Waals surface area (Å²) in [5, 5.41) is 12.4. The molecule has 0 aliphatic carbocycles. The Labute approximate surface area is 87.8 Å². The first kappa shape index (κ1) is 13.9. The summed E-state index contributed by atoms with van der Waals surface area (Å²) in [7, 11) is 0. The van der Waals surface area contributed by atoms with Gasteiger partial charge in [0.2, 0.25) is 0 Å². The topological polar surface area (TPSA) is 41.5 Å². The van der Waals surface area contributed by atoms with E-state index < -0.39 is 0 Å². The second-order valence-electron chi connectivity index (χ2n) is 5.70. The molecule has 0 bridgehead atoms. The molecular formula is C11H25NO2. The van der Waals surface area contributed by atoms with Crippen molar-refractivity contribution in [3.63, 3.8) is 0 Å². The van der Waals surface area contributed by atoms with E-state index in [0.717, 1.165) is 0 Å². The van der Waals surface area contributed by atoms with Crippen molar-refractivity contribution >= 4 is 0 Å². The zero-order chi connectivity index (χ0) is 11.4. The molecule has 3 nitrogen and oxygen atoms in total. The quantitative estimate of drug-likeness (QED) is 0.728. The van der Waals surface area contributed by atoms with Crippen molar-refractivity contribution in [3.05, 3.63) is 0 Å². The van der Waals surface area contributed by atoms with Crippen molar-refractivity contribution in [1.29, 1.82) is 0 Å². The number of hydrogen-bond donors (Lipinski definition) is 2. The largest absolute Gasteiger partial charge is 0.395 e. The third kappa shape index (κ3) is 8.48. The Morgan fingerprint density at radius 1 is 1.14 bits per heavy atom. The lowest BCUT2D eigenvalue weighted by Crippen LogP contribution is -2.48. The lowest BCUT2D eigenvalue weighted by Gasteiger charge is -2.29. The van der Waals surface area contributed by atoms with E-state index in [4.69, 9.17) is 9.84 Å². The van der Waals surface area contributed by atoms with Crippen LogP contribution in [0.1, 0.15) is 41.5 Å². The Balaban J connectivity index is 3.93. The van der Waals surface area contributed by atoms with E-state index in [1.165, 1.54) is 0 Å². The zero-order valence-corrected chi connectivity index (χ0v) is 10.3. The van der Waals surface area contributed by atoms with Gasteiger partial charge >= 0.3 is 0 Å². The summed E-state index contributed by atoms with van der Waals surface area (Å²) in [4.78, 5) is 0. The van der Waals surface area contributed by atoms with E-state index in [-0.39, 0.29) is 23.8 Å². The predicted molar refractivity (Wildman–Crippen MR) is 59.5 cm³/mol. The van der Waals surface area contributed by atoms with Crippen LogP contribution in [0.25, 0.3) is 0 Å². The fourth-order valence-electron chi connectivity index (χ4n) is 1.10. The van der Waals surface area contributed by atoms with E-state index >= 15 is 0 Å². The van der Waals surface area contributed by atoms with Crippen molar-refractivity contribution in [1.82, 2.24) is 5.32 Å². The van der Waals surface area contributed by atoms with E-state index in [1.807, 2.05) is 20.8 Å². The highest BCUT2D eigenvalue weighted by atomic mass is 16.5. The van der Waals surface area contributed by atoms with Gasteiger partial charge in [0.25, 0.3) is 0 Å². The molecule has 0 radical (unpaired) electrons. The maximum atomic E-state index is 9.14. The molecule has 0 aliphatic heterocycles. The summed E-state index contributed by atoms with van der Waals surface area (Å²) in [6.45, 7) is 12.9. The van der Waals surface area contributed by atoms with Crippen LogP contribution in [0.2, 0.25) is 0 Å². The zero-order valence-electron chi connectivity index (χ0n) is 10.3. The van der Waals surface area contributed by atoms with Crippen LogP contribution < -0.4 is 5.32 Å². The first-order valence-corrected chi connectivity index (χ1v) is 5.16. The highest BCUT2D eigenvalue weighted by molar-refractivity contribution is 4.78. The van der Waals surface area contributed by atoms with Crippen LogP contribution in [0.3, 0.4) is 0 Å². The summed E-state index contributed by atoms with van der Waals surface area (Å²) in [6.07, 6.45) is 0. The van der Waals surface area contributed by atoms with Gasteiger partial charge in [-0.1, -0.05) is 0 Å². The third-order valence-electron chi connectivity index (χ3n) is 1.58. The Morgan fingerprint density at radius 2 is 1.64 bits per heavy atom. The molecule has 0 saturated heterocycles. The number of rotatable bonds is 4. The number of hydrogen-bond acceptors (Lipinski definition) is 3. The van der Waals surface area contributed by atoms with Gasteiger partial charge in [0.15, 0.2) is 0 Å². The molecular weight excluding hydrogens is 178 g/mol. The molecule has 0 fully saturated rings. The second-order valence-corrected chi connectivity index (χ2v) is 5.70. The molecule has 1 atom stereocenters. The van der Waals surface area contributed by atoms with Gasteiger partial charge in [-0.2, -0.15) is 0 Å². The standard InChI is InChI=1S/C11H25NO2/c1-10(2,3)12-9(7-13)8-14-11(4,5)6/h9,12-13H,7-8H2,1-6H3. The van der Waals surface area contributed by atoms with E-state index in [9.17, 15) is 0 Å². The normalized spacial score (nSPS) is 15.6. The van der Waals surface area contributed by atoms with Gasteiger partial charge in [-0.25, -0.2) is 0 Å². The summed E-state index contributed by atoms with van der Waals surface area (Å²) in [5.41, 5.74) is -0.137. The average Bonchev–Trinajstić information content (AvgIpc) is 1.94. The van der Waals surface area contributed by atoms with Crippen LogP contribution in [0.4, 0.5) is 0 Å². The summed E-state index contributed by atoms with van der Waals surface area (Å²) >= 11 is 0. The van der Waals surface area contributed by atoms with Crippen LogP contribution in [-0.4, -0.2) is 35.5 Å². The molecule has 0 rings (SSSR count). The van der Waals surface area contributed by atoms with E-state index in [2.05, 4.69) is 26.1 Å². The van der Waals surface area contributed by atoms with Crippen molar-refractivity contribution in [2.24, 2.45) is 0 Å². The molecule has 3 heteroatoms. The van der Waals surface area contributed by atoms with Gasteiger partial charge in [-0.3, -0.25) is 0 Å². The molecule has 86 valence electrons. The van der Waals surface area contributed by atoms with Crippen LogP contribution in [0.5, 0.6) is 0 Å². The van der Waals surface area contributed by atoms with Crippen molar-refractivity contribution in [2.45, 2.75) is 58.7 Å². The molecule has 2 N–H and O–H groups in total. The fraction of sp³-hybridized carbons (Fsp3) is 1.00. The van der Waals surface area contributed by atoms with Crippen molar-refractivity contribution < 1.29 is 9.84 Å². The summed E-state index contributed by atoms with van der Waals surface area (Å²) in [5.74, 6) is 0. The molecule has 1 unspecified atom stereocenters. The van der Waals surface area contributed by atoms with Crippen molar-refractivity contribution in [3.8, 4) is 0 Å². The molecule has 0 amide bonds. The molecule has 0 aromatic carbocycles. The Bertz CT molecular complexity index is 156. The molecule has 0 aromatic heterocycles. The van der Waals surface area contributed by atoms with Gasteiger partial charge in [-0.15, -0.1) is 0 Å². The summed E-state index contributed by atoms with van der Waals surface area (Å²) < 4.78 is 5.61. The molecule has 14 heavy (non-hydrogen) atoms. The molecule has 0 heterocycles.